The van der Waals surface area contributed by atoms with Gasteiger partial charge in [0.2, 0.25) is 5.91 Å². The Hall–Kier alpha value is -2.95. The molecule has 5 nitrogen and oxygen atoms in total. The zero-order valence-corrected chi connectivity index (χ0v) is 18.5. The van der Waals surface area contributed by atoms with Crippen molar-refractivity contribution in [3.8, 4) is 0 Å². The number of nitrogens with one attached hydrogen (secondary N) is 1. The van der Waals surface area contributed by atoms with Crippen LogP contribution in [0.2, 0.25) is 0 Å². The van der Waals surface area contributed by atoms with Crippen molar-refractivity contribution in [3.63, 3.8) is 0 Å². The van der Waals surface area contributed by atoms with Gasteiger partial charge in [0, 0.05) is 13.0 Å². The highest BCUT2D eigenvalue weighted by molar-refractivity contribution is 6.21. The Balaban J connectivity index is 1.36. The summed E-state index contributed by atoms with van der Waals surface area (Å²) in [5.41, 5.74) is 2.14. The lowest BCUT2D eigenvalue weighted by Gasteiger charge is -2.21. The first-order chi connectivity index (χ1) is 15.0. The van der Waals surface area contributed by atoms with Gasteiger partial charge < -0.3 is 5.32 Å². The fourth-order valence-corrected chi connectivity index (χ4v) is 4.05. The summed E-state index contributed by atoms with van der Waals surface area (Å²) >= 11 is 0. The summed E-state index contributed by atoms with van der Waals surface area (Å²) in [5, 5.41) is 3.19. The third kappa shape index (κ3) is 6.03. The molecule has 3 rings (SSSR count). The molecule has 1 atom stereocenters. The number of hydrogen-bond acceptors (Lipinski definition) is 3. The molecule has 0 radical (unpaired) electrons. The minimum absolute atomic E-state index is 0.0440. The lowest BCUT2D eigenvalue weighted by Crippen LogP contribution is -2.30. The van der Waals surface area contributed by atoms with Crippen LogP contribution < -0.4 is 5.32 Å². The Bertz CT molecular complexity index is 873. The van der Waals surface area contributed by atoms with Crippen molar-refractivity contribution in [3.05, 3.63) is 71.3 Å². The van der Waals surface area contributed by atoms with Crippen LogP contribution >= 0.6 is 0 Å². The van der Waals surface area contributed by atoms with E-state index in [0.29, 0.717) is 30.0 Å². The predicted octanol–water partition coefficient (Wildman–Crippen LogP) is 5.14. The molecule has 0 aromatic heterocycles. The van der Waals surface area contributed by atoms with Gasteiger partial charge in [0.05, 0.1) is 17.2 Å². The van der Waals surface area contributed by atoms with E-state index in [0.717, 1.165) is 37.7 Å². The van der Waals surface area contributed by atoms with Crippen LogP contribution in [0, 0.1) is 5.92 Å². The maximum absolute atomic E-state index is 12.5. The van der Waals surface area contributed by atoms with Gasteiger partial charge >= 0.3 is 0 Å². The van der Waals surface area contributed by atoms with Crippen molar-refractivity contribution in [1.29, 1.82) is 0 Å². The monoisotopic (exact) mass is 420 g/mol. The van der Waals surface area contributed by atoms with E-state index in [-0.39, 0.29) is 23.8 Å². The van der Waals surface area contributed by atoms with Crippen LogP contribution in [0.5, 0.6) is 0 Å². The average Bonchev–Trinajstić information content (AvgIpc) is 3.01. The Morgan fingerprint density at radius 3 is 2.03 bits per heavy atom. The second-order valence-corrected chi connectivity index (χ2v) is 8.63. The SMILES string of the molecule is CC(C)C[C@H](NC(=O)CCCCCCN1C(=O)c2ccccc2C1=O)c1ccccc1. The zero-order valence-electron chi connectivity index (χ0n) is 18.5. The van der Waals surface area contributed by atoms with E-state index in [4.69, 9.17) is 0 Å². The maximum atomic E-state index is 12.5. The van der Waals surface area contributed by atoms with Crippen LogP contribution in [0.25, 0.3) is 0 Å². The van der Waals surface area contributed by atoms with Gasteiger partial charge in [0.15, 0.2) is 0 Å². The summed E-state index contributed by atoms with van der Waals surface area (Å²) in [6.07, 6.45) is 4.75. The fourth-order valence-electron chi connectivity index (χ4n) is 4.05. The second-order valence-electron chi connectivity index (χ2n) is 8.63. The molecule has 0 saturated carbocycles. The Kier molecular flexibility index (Phi) is 7.99. The molecular formula is C26H32N2O3. The minimum Gasteiger partial charge on any atom is -0.349 e. The number of imide groups is 1. The van der Waals surface area contributed by atoms with E-state index in [2.05, 4.69) is 31.3 Å². The van der Waals surface area contributed by atoms with Gasteiger partial charge in [-0.15, -0.1) is 0 Å². The molecule has 2 aromatic carbocycles. The Morgan fingerprint density at radius 1 is 0.839 bits per heavy atom. The average molecular weight is 421 g/mol. The van der Waals surface area contributed by atoms with Crippen molar-refractivity contribution in [1.82, 2.24) is 10.2 Å². The largest absolute Gasteiger partial charge is 0.349 e. The first kappa shape index (κ1) is 22.7. The quantitative estimate of drug-likeness (QED) is 0.404. The first-order valence-electron chi connectivity index (χ1n) is 11.3. The number of unbranched alkanes of at least 4 members (excludes halogenated alkanes) is 3. The Morgan fingerprint density at radius 2 is 1.42 bits per heavy atom. The predicted molar refractivity (Wildman–Crippen MR) is 122 cm³/mol. The zero-order chi connectivity index (χ0) is 22.2. The summed E-state index contributed by atoms with van der Waals surface area (Å²) < 4.78 is 0. The van der Waals surface area contributed by atoms with Crippen molar-refractivity contribution in [2.24, 2.45) is 5.92 Å². The molecule has 1 heterocycles. The summed E-state index contributed by atoms with van der Waals surface area (Å²) in [5.74, 6) is 0.177. The summed E-state index contributed by atoms with van der Waals surface area (Å²) in [6, 6.07) is 17.1. The topological polar surface area (TPSA) is 66.5 Å². The number of rotatable bonds is 11. The second kappa shape index (κ2) is 10.9. The molecule has 1 N–H and O–H groups in total. The van der Waals surface area contributed by atoms with E-state index in [1.165, 1.54) is 4.90 Å². The molecule has 5 heteroatoms. The molecule has 0 fully saturated rings. The van der Waals surface area contributed by atoms with Gasteiger partial charge in [0.1, 0.15) is 0 Å². The third-order valence-corrected chi connectivity index (χ3v) is 5.66. The number of hydrogen-bond donors (Lipinski definition) is 1. The maximum Gasteiger partial charge on any atom is 0.261 e. The van der Waals surface area contributed by atoms with Crippen LogP contribution in [0.4, 0.5) is 0 Å². The molecule has 1 aliphatic heterocycles. The van der Waals surface area contributed by atoms with Gasteiger partial charge in [-0.05, 0) is 42.9 Å². The van der Waals surface area contributed by atoms with E-state index >= 15 is 0 Å². The van der Waals surface area contributed by atoms with Crippen LogP contribution in [0.3, 0.4) is 0 Å². The lowest BCUT2D eigenvalue weighted by molar-refractivity contribution is -0.122. The molecule has 31 heavy (non-hydrogen) atoms. The van der Waals surface area contributed by atoms with Gasteiger partial charge in [-0.25, -0.2) is 0 Å². The van der Waals surface area contributed by atoms with Gasteiger partial charge in [0.25, 0.3) is 11.8 Å². The van der Waals surface area contributed by atoms with Crippen LogP contribution in [0.15, 0.2) is 54.6 Å². The number of fused-ring (bicyclic) bond motifs is 1. The van der Waals surface area contributed by atoms with Crippen molar-refractivity contribution < 1.29 is 14.4 Å². The highest BCUT2D eigenvalue weighted by Crippen LogP contribution is 2.23. The third-order valence-electron chi connectivity index (χ3n) is 5.66. The number of carbonyl (C=O) groups excluding carboxylic acids is 3. The smallest absolute Gasteiger partial charge is 0.261 e. The number of amides is 3. The fraction of sp³-hybridized carbons (Fsp3) is 0.423. The number of carbonyl (C=O) groups is 3. The van der Waals surface area contributed by atoms with Gasteiger partial charge in [-0.2, -0.15) is 0 Å². The molecule has 3 amide bonds. The number of benzene rings is 2. The summed E-state index contributed by atoms with van der Waals surface area (Å²) in [6.45, 7) is 4.76. The van der Waals surface area contributed by atoms with Crippen molar-refractivity contribution >= 4 is 17.7 Å². The Labute approximate surface area is 184 Å². The molecule has 0 bridgehead atoms. The highest BCUT2D eigenvalue weighted by atomic mass is 16.2. The lowest BCUT2D eigenvalue weighted by atomic mass is 9.97. The van der Waals surface area contributed by atoms with Crippen LogP contribution in [-0.2, 0) is 4.79 Å². The minimum atomic E-state index is -0.197. The van der Waals surface area contributed by atoms with Gasteiger partial charge in [-0.1, -0.05) is 69.2 Å². The van der Waals surface area contributed by atoms with Crippen LogP contribution in [-0.4, -0.2) is 29.2 Å². The van der Waals surface area contributed by atoms with E-state index in [1.54, 1.807) is 24.3 Å². The van der Waals surface area contributed by atoms with Crippen molar-refractivity contribution in [2.45, 2.75) is 58.4 Å². The summed E-state index contributed by atoms with van der Waals surface area (Å²) in [4.78, 5) is 38.5. The van der Waals surface area contributed by atoms with Crippen molar-refractivity contribution in [2.75, 3.05) is 6.54 Å². The number of nitrogens with zero attached hydrogens (tertiary/aromatic N) is 1. The van der Waals surface area contributed by atoms with Gasteiger partial charge in [-0.3, -0.25) is 19.3 Å². The van der Waals surface area contributed by atoms with E-state index < -0.39 is 0 Å². The molecule has 0 aliphatic carbocycles. The normalized spacial score (nSPS) is 14.1. The molecule has 164 valence electrons. The standard InChI is InChI=1S/C26H32N2O3/c1-19(2)18-23(20-12-6-5-7-13-20)27-24(29)16-8-3-4-11-17-28-25(30)21-14-9-10-15-22(21)26(28)31/h5-7,9-10,12-15,19,23H,3-4,8,11,16-18H2,1-2H3,(H,27,29)/t23-/m0/s1. The molecule has 2 aromatic rings. The molecule has 0 unspecified atom stereocenters. The first-order valence-corrected chi connectivity index (χ1v) is 11.3. The highest BCUT2D eigenvalue weighted by Gasteiger charge is 2.34. The van der Waals surface area contributed by atoms with E-state index in [9.17, 15) is 14.4 Å². The molecule has 1 aliphatic rings. The molecular weight excluding hydrogens is 388 g/mol. The van der Waals surface area contributed by atoms with Crippen LogP contribution in [0.1, 0.15) is 84.7 Å². The molecule has 0 saturated heterocycles. The summed E-state index contributed by atoms with van der Waals surface area (Å²) in [7, 11) is 0. The van der Waals surface area contributed by atoms with E-state index in [1.807, 2.05) is 18.2 Å². The molecule has 0 spiro atoms.